The summed E-state index contributed by atoms with van der Waals surface area (Å²) in [4.78, 5) is 23.7. The van der Waals surface area contributed by atoms with Crippen molar-refractivity contribution in [2.24, 2.45) is 5.92 Å². The molecule has 2 rings (SSSR count). The molecule has 0 heterocycles. The second kappa shape index (κ2) is 7.46. The molecule has 0 saturated heterocycles. The lowest BCUT2D eigenvalue weighted by molar-refractivity contribution is -0.121. The number of rotatable bonds is 4. The maximum Gasteiger partial charge on any atom is 0.251 e. The van der Waals surface area contributed by atoms with E-state index in [1.165, 1.54) is 0 Å². The van der Waals surface area contributed by atoms with Gasteiger partial charge in [0.2, 0.25) is 5.91 Å². The molecule has 21 heavy (non-hydrogen) atoms. The van der Waals surface area contributed by atoms with Crippen molar-refractivity contribution in [1.82, 2.24) is 10.6 Å². The Bertz CT molecular complexity index is 511. The average molecular weight is 309 g/mol. The topological polar surface area (TPSA) is 58.2 Å². The second-order valence-corrected chi connectivity index (χ2v) is 6.15. The summed E-state index contributed by atoms with van der Waals surface area (Å²) in [7, 11) is 0. The first-order valence-corrected chi connectivity index (χ1v) is 7.75. The quantitative estimate of drug-likeness (QED) is 0.898. The van der Waals surface area contributed by atoms with Crippen LogP contribution < -0.4 is 10.6 Å². The Morgan fingerprint density at radius 1 is 1.24 bits per heavy atom. The number of benzene rings is 1. The summed E-state index contributed by atoms with van der Waals surface area (Å²) < 4.78 is 0. The minimum atomic E-state index is -0.287. The van der Waals surface area contributed by atoms with Crippen molar-refractivity contribution in [2.75, 3.05) is 6.54 Å². The molecule has 5 heteroatoms. The normalized spacial score (nSPS) is 21.6. The number of amides is 2. The van der Waals surface area contributed by atoms with Gasteiger partial charge in [-0.3, -0.25) is 9.59 Å². The van der Waals surface area contributed by atoms with Crippen molar-refractivity contribution in [1.29, 1.82) is 0 Å². The monoisotopic (exact) mass is 308 g/mol. The molecule has 0 bridgehead atoms. The van der Waals surface area contributed by atoms with Crippen molar-refractivity contribution in [3.05, 3.63) is 34.9 Å². The lowest BCUT2D eigenvalue weighted by Gasteiger charge is -2.26. The molecule has 0 spiro atoms. The number of carbonyl (C=O) groups excluding carboxylic acids is 2. The van der Waals surface area contributed by atoms with Gasteiger partial charge in [-0.2, -0.15) is 0 Å². The third-order valence-electron chi connectivity index (χ3n) is 3.88. The van der Waals surface area contributed by atoms with Gasteiger partial charge in [-0.25, -0.2) is 0 Å². The van der Waals surface area contributed by atoms with Crippen LogP contribution in [0, 0.1) is 5.92 Å². The molecule has 2 N–H and O–H groups in total. The molecule has 1 saturated carbocycles. The van der Waals surface area contributed by atoms with E-state index in [9.17, 15) is 9.59 Å². The van der Waals surface area contributed by atoms with E-state index in [-0.39, 0.29) is 24.4 Å². The number of halogens is 1. The second-order valence-electron chi connectivity index (χ2n) is 5.72. The molecule has 1 fully saturated rings. The van der Waals surface area contributed by atoms with Gasteiger partial charge >= 0.3 is 0 Å². The van der Waals surface area contributed by atoms with Crippen LogP contribution in [0.4, 0.5) is 0 Å². The Kier molecular flexibility index (Phi) is 5.62. The highest BCUT2D eigenvalue weighted by molar-refractivity contribution is 6.30. The maximum absolute atomic E-state index is 11.9. The molecule has 114 valence electrons. The lowest BCUT2D eigenvalue weighted by atomic mass is 9.87. The van der Waals surface area contributed by atoms with Crippen molar-refractivity contribution in [2.45, 2.75) is 38.6 Å². The van der Waals surface area contributed by atoms with Gasteiger partial charge < -0.3 is 10.6 Å². The predicted molar refractivity (Wildman–Crippen MR) is 83.3 cm³/mol. The van der Waals surface area contributed by atoms with E-state index in [2.05, 4.69) is 17.6 Å². The smallest absolute Gasteiger partial charge is 0.251 e. The van der Waals surface area contributed by atoms with Crippen molar-refractivity contribution < 1.29 is 9.59 Å². The van der Waals surface area contributed by atoms with Crippen LogP contribution >= 0.6 is 11.6 Å². The van der Waals surface area contributed by atoms with Crippen LogP contribution in [0.15, 0.2) is 24.3 Å². The van der Waals surface area contributed by atoms with Gasteiger partial charge in [0, 0.05) is 16.6 Å². The zero-order valence-corrected chi connectivity index (χ0v) is 13.0. The summed E-state index contributed by atoms with van der Waals surface area (Å²) in [5.74, 6) is 0.329. The van der Waals surface area contributed by atoms with E-state index in [1.54, 1.807) is 24.3 Å². The third-order valence-corrected chi connectivity index (χ3v) is 4.11. The number of hydrogen-bond donors (Lipinski definition) is 2. The minimum absolute atomic E-state index is 0.00258. The molecule has 0 unspecified atom stereocenters. The van der Waals surface area contributed by atoms with Crippen molar-refractivity contribution >= 4 is 23.4 Å². The minimum Gasteiger partial charge on any atom is -0.352 e. The molecular formula is C16H21ClN2O2. The number of hydrogen-bond acceptors (Lipinski definition) is 2. The van der Waals surface area contributed by atoms with Crippen LogP contribution in [0.5, 0.6) is 0 Å². The van der Waals surface area contributed by atoms with Gasteiger partial charge in [-0.1, -0.05) is 24.6 Å². The number of nitrogens with one attached hydrogen (secondary N) is 2. The van der Waals surface area contributed by atoms with Gasteiger partial charge in [0.05, 0.1) is 6.54 Å². The molecule has 0 radical (unpaired) electrons. The van der Waals surface area contributed by atoms with Crippen LogP contribution in [0.25, 0.3) is 0 Å². The molecule has 0 atom stereocenters. The highest BCUT2D eigenvalue weighted by Gasteiger charge is 2.19. The van der Waals surface area contributed by atoms with Gasteiger partial charge in [-0.05, 0) is 49.8 Å². The zero-order valence-electron chi connectivity index (χ0n) is 12.2. The molecule has 0 aromatic heterocycles. The first-order chi connectivity index (χ1) is 10.0. The Morgan fingerprint density at radius 3 is 2.62 bits per heavy atom. The van der Waals surface area contributed by atoms with E-state index in [4.69, 9.17) is 11.6 Å². The largest absolute Gasteiger partial charge is 0.352 e. The van der Waals surface area contributed by atoms with E-state index < -0.39 is 0 Å². The Balaban J connectivity index is 1.75. The van der Waals surface area contributed by atoms with Gasteiger partial charge in [0.25, 0.3) is 5.91 Å². The van der Waals surface area contributed by atoms with Crippen LogP contribution in [0.2, 0.25) is 5.02 Å². The lowest BCUT2D eigenvalue weighted by Crippen LogP contribution is -2.43. The summed E-state index contributed by atoms with van der Waals surface area (Å²) in [6.45, 7) is 2.24. The SMILES string of the molecule is CC1CCC(NC(=O)CNC(=O)c2cccc(Cl)c2)CC1. The summed E-state index contributed by atoms with van der Waals surface area (Å²) in [6, 6.07) is 6.91. The molecule has 4 nitrogen and oxygen atoms in total. The Morgan fingerprint density at radius 2 is 1.95 bits per heavy atom. The van der Waals surface area contributed by atoms with Crippen molar-refractivity contribution in [3.63, 3.8) is 0 Å². The fourth-order valence-electron chi connectivity index (χ4n) is 2.58. The highest BCUT2D eigenvalue weighted by Crippen LogP contribution is 2.23. The molecule has 1 aliphatic carbocycles. The zero-order chi connectivity index (χ0) is 15.2. The van der Waals surface area contributed by atoms with E-state index in [0.29, 0.717) is 10.6 Å². The highest BCUT2D eigenvalue weighted by atomic mass is 35.5. The van der Waals surface area contributed by atoms with Gasteiger partial charge in [0.1, 0.15) is 0 Å². The van der Waals surface area contributed by atoms with E-state index in [1.807, 2.05) is 0 Å². The molecule has 1 aromatic carbocycles. The van der Waals surface area contributed by atoms with E-state index in [0.717, 1.165) is 31.6 Å². The fraction of sp³-hybridized carbons (Fsp3) is 0.500. The summed E-state index contributed by atoms with van der Waals surface area (Å²) in [5.41, 5.74) is 0.460. The predicted octanol–water partition coefficient (Wildman–Crippen LogP) is 2.76. The standard InChI is InChI=1S/C16H21ClN2O2/c1-11-5-7-14(8-6-11)19-15(20)10-18-16(21)12-3-2-4-13(17)9-12/h2-4,9,11,14H,5-8,10H2,1H3,(H,18,21)(H,19,20). The van der Waals surface area contributed by atoms with Crippen LogP contribution in [0.3, 0.4) is 0 Å². The molecular weight excluding hydrogens is 288 g/mol. The molecule has 1 aliphatic rings. The van der Waals surface area contributed by atoms with Crippen LogP contribution in [-0.2, 0) is 4.79 Å². The van der Waals surface area contributed by atoms with Crippen molar-refractivity contribution in [3.8, 4) is 0 Å². The summed E-state index contributed by atoms with van der Waals surface area (Å²) in [5, 5.41) is 6.10. The fourth-order valence-corrected chi connectivity index (χ4v) is 2.77. The first-order valence-electron chi connectivity index (χ1n) is 7.37. The van der Waals surface area contributed by atoms with Crippen LogP contribution in [-0.4, -0.2) is 24.4 Å². The van der Waals surface area contributed by atoms with Gasteiger partial charge in [0.15, 0.2) is 0 Å². The molecule has 0 aliphatic heterocycles. The number of carbonyl (C=O) groups is 2. The van der Waals surface area contributed by atoms with Crippen LogP contribution in [0.1, 0.15) is 43.0 Å². The van der Waals surface area contributed by atoms with Gasteiger partial charge in [-0.15, -0.1) is 0 Å². The van der Waals surface area contributed by atoms with E-state index >= 15 is 0 Å². The molecule has 1 aromatic rings. The summed E-state index contributed by atoms with van der Waals surface area (Å²) >= 11 is 5.83. The average Bonchev–Trinajstić information content (AvgIpc) is 2.47. The maximum atomic E-state index is 11.9. The summed E-state index contributed by atoms with van der Waals surface area (Å²) in [6.07, 6.45) is 4.35. The molecule has 2 amide bonds. The third kappa shape index (κ3) is 5.05. The Hall–Kier alpha value is -1.55. The Labute approximate surface area is 130 Å². The first kappa shape index (κ1) is 15.8.